The number of benzene rings is 1. The van der Waals surface area contributed by atoms with E-state index < -0.39 is 0 Å². The number of carbonyl (C=O) groups is 1. The molecule has 1 aromatic heterocycles. The Balaban J connectivity index is 2.26. The fourth-order valence-corrected chi connectivity index (χ4v) is 2.43. The molecule has 2 aromatic rings. The number of hydrogen-bond acceptors (Lipinski definition) is 3. The Labute approximate surface area is 131 Å². The molecule has 0 aliphatic rings. The van der Waals surface area contributed by atoms with Crippen LogP contribution >= 0.6 is 0 Å². The van der Waals surface area contributed by atoms with Crippen LogP contribution in [0.3, 0.4) is 0 Å². The SMILES string of the molecule is CCN(C(=O)c1ccc(C)nc1)C(C)c1cccc(OC)c1. The molecule has 1 unspecified atom stereocenters. The van der Waals surface area contributed by atoms with E-state index in [0.717, 1.165) is 17.0 Å². The number of hydrogen-bond donors (Lipinski definition) is 0. The maximum Gasteiger partial charge on any atom is 0.255 e. The average molecular weight is 298 g/mol. The van der Waals surface area contributed by atoms with E-state index in [1.54, 1.807) is 13.3 Å². The normalized spacial score (nSPS) is 11.8. The standard InChI is InChI=1S/C18H22N2O2/c1-5-20(18(21)16-10-9-13(2)19-12-16)14(3)15-7-6-8-17(11-15)22-4/h6-12,14H,5H2,1-4H3. The number of aryl methyl sites for hydroxylation is 1. The number of carbonyl (C=O) groups excluding carboxylic acids is 1. The second kappa shape index (κ2) is 7.07. The van der Waals surface area contributed by atoms with Gasteiger partial charge >= 0.3 is 0 Å². The number of aromatic nitrogens is 1. The molecule has 0 N–H and O–H groups in total. The van der Waals surface area contributed by atoms with E-state index >= 15 is 0 Å². The third-order valence-electron chi connectivity index (χ3n) is 3.80. The van der Waals surface area contributed by atoms with Crippen molar-refractivity contribution in [1.82, 2.24) is 9.88 Å². The Morgan fingerprint density at radius 2 is 2.09 bits per heavy atom. The average Bonchev–Trinajstić information content (AvgIpc) is 2.56. The summed E-state index contributed by atoms with van der Waals surface area (Å²) in [5.41, 5.74) is 2.57. The van der Waals surface area contributed by atoms with Gasteiger partial charge < -0.3 is 9.64 Å². The maximum absolute atomic E-state index is 12.7. The topological polar surface area (TPSA) is 42.4 Å². The highest BCUT2D eigenvalue weighted by Crippen LogP contribution is 2.25. The number of amides is 1. The minimum Gasteiger partial charge on any atom is -0.497 e. The molecule has 1 aromatic carbocycles. The molecule has 2 rings (SSSR count). The van der Waals surface area contributed by atoms with Crippen LogP contribution in [0.2, 0.25) is 0 Å². The first kappa shape index (κ1) is 16.0. The second-order valence-electron chi connectivity index (χ2n) is 5.23. The van der Waals surface area contributed by atoms with Crippen LogP contribution in [0.1, 0.15) is 41.5 Å². The molecule has 0 aliphatic heterocycles. The number of ether oxygens (including phenoxy) is 1. The largest absolute Gasteiger partial charge is 0.497 e. The smallest absolute Gasteiger partial charge is 0.255 e. The lowest BCUT2D eigenvalue weighted by molar-refractivity contribution is 0.0701. The van der Waals surface area contributed by atoms with Gasteiger partial charge in [-0.3, -0.25) is 9.78 Å². The molecular formula is C18H22N2O2. The highest BCUT2D eigenvalue weighted by atomic mass is 16.5. The second-order valence-corrected chi connectivity index (χ2v) is 5.23. The zero-order chi connectivity index (χ0) is 16.1. The van der Waals surface area contributed by atoms with Crippen molar-refractivity contribution in [2.75, 3.05) is 13.7 Å². The van der Waals surface area contributed by atoms with E-state index in [9.17, 15) is 4.79 Å². The van der Waals surface area contributed by atoms with E-state index in [2.05, 4.69) is 4.98 Å². The first-order valence-electron chi connectivity index (χ1n) is 7.44. The van der Waals surface area contributed by atoms with Crippen molar-refractivity contribution in [2.24, 2.45) is 0 Å². The zero-order valence-corrected chi connectivity index (χ0v) is 13.5. The van der Waals surface area contributed by atoms with Crippen molar-refractivity contribution in [3.63, 3.8) is 0 Å². The molecule has 0 saturated heterocycles. The van der Waals surface area contributed by atoms with Crippen molar-refractivity contribution >= 4 is 5.91 Å². The fraction of sp³-hybridized carbons (Fsp3) is 0.333. The Bertz CT molecular complexity index is 638. The van der Waals surface area contributed by atoms with Gasteiger partial charge in [0.15, 0.2) is 0 Å². The molecule has 1 amide bonds. The first-order chi connectivity index (χ1) is 10.6. The van der Waals surface area contributed by atoms with Gasteiger partial charge in [-0.15, -0.1) is 0 Å². The van der Waals surface area contributed by atoms with Crippen LogP contribution in [0.5, 0.6) is 5.75 Å². The summed E-state index contributed by atoms with van der Waals surface area (Å²) in [5, 5.41) is 0. The zero-order valence-electron chi connectivity index (χ0n) is 13.5. The van der Waals surface area contributed by atoms with Gasteiger partial charge in [0.05, 0.1) is 18.7 Å². The molecular weight excluding hydrogens is 276 g/mol. The summed E-state index contributed by atoms with van der Waals surface area (Å²) in [6.07, 6.45) is 1.64. The first-order valence-corrected chi connectivity index (χ1v) is 7.44. The van der Waals surface area contributed by atoms with E-state index in [0.29, 0.717) is 12.1 Å². The third-order valence-corrected chi connectivity index (χ3v) is 3.80. The highest BCUT2D eigenvalue weighted by Gasteiger charge is 2.21. The summed E-state index contributed by atoms with van der Waals surface area (Å²) in [7, 11) is 1.64. The molecule has 0 spiro atoms. The van der Waals surface area contributed by atoms with Gasteiger partial charge in [0.1, 0.15) is 5.75 Å². The predicted molar refractivity (Wildman–Crippen MR) is 87.1 cm³/mol. The van der Waals surface area contributed by atoms with Crippen molar-refractivity contribution in [1.29, 1.82) is 0 Å². The van der Waals surface area contributed by atoms with Crippen molar-refractivity contribution in [2.45, 2.75) is 26.8 Å². The van der Waals surface area contributed by atoms with Gasteiger partial charge in [0.2, 0.25) is 0 Å². The molecule has 0 bridgehead atoms. The molecule has 116 valence electrons. The van der Waals surface area contributed by atoms with Crippen LogP contribution in [0, 0.1) is 6.92 Å². The van der Waals surface area contributed by atoms with Gasteiger partial charge in [0, 0.05) is 18.4 Å². The molecule has 4 heteroatoms. The summed E-state index contributed by atoms with van der Waals surface area (Å²) in [6.45, 7) is 6.55. The van der Waals surface area contributed by atoms with Crippen molar-refractivity contribution in [3.05, 3.63) is 59.4 Å². The molecule has 4 nitrogen and oxygen atoms in total. The summed E-state index contributed by atoms with van der Waals surface area (Å²) in [6, 6.07) is 11.5. The molecule has 1 atom stereocenters. The van der Waals surface area contributed by atoms with Gasteiger partial charge in [-0.2, -0.15) is 0 Å². The van der Waals surface area contributed by atoms with Gasteiger partial charge in [-0.1, -0.05) is 12.1 Å². The van der Waals surface area contributed by atoms with Crippen molar-refractivity contribution < 1.29 is 9.53 Å². The van der Waals surface area contributed by atoms with Crippen LogP contribution in [0.25, 0.3) is 0 Å². The van der Waals surface area contributed by atoms with Crippen LogP contribution in [0.4, 0.5) is 0 Å². The Morgan fingerprint density at radius 3 is 2.68 bits per heavy atom. The van der Waals surface area contributed by atoms with Crippen LogP contribution < -0.4 is 4.74 Å². The minimum absolute atomic E-state index is 0.00896. The Kier molecular flexibility index (Phi) is 5.15. The molecule has 0 fully saturated rings. The van der Waals surface area contributed by atoms with Gasteiger partial charge in [-0.05, 0) is 50.6 Å². The number of methoxy groups -OCH3 is 1. The summed E-state index contributed by atoms with van der Waals surface area (Å²) >= 11 is 0. The quantitative estimate of drug-likeness (QED) is 0.846. The summed E-state index contributed by atoms with van der Waals surface area (Å²) < 4.78 is 5.26. The number of pyridine rings is 1. The van der Waals surface area contributed by atoms with E-state index in [4.69, 9.17) is 4.74 Å². The fourth-order valence-electron chi connectivity index (χ4n) is 2.43. The van der Waals surface area contributed by atoms with Crippen LogP contribution in [0.15, 0.2) is 42.6 Å². The van der Waals surface area contributed by atoms with Crippen LogP contribution in [-0.2, 0) is 0 Å². The molecule has 22 heavy (non-hydrogen) atoms. The number of rotatable bonds is 5. The molecule has 0 saturated carbocycles. The summed E-state index contributed by atoms with van der Waals surface area (Å²) in [5.74, 6) is 0.787. The van der Waals surface area contributed by atoms with Gasteiger partial charge in [-0.25, -0.2) is 0 Å². The lowest BCUT2D eigenvalue weighted by Crippen LogP contribution is -2.33. The Morgan fingerprint density at radius 1 is 1.32 bits per heavy atom. The molecule has 0 radical (unpaired) electrons. The van der Waals surface area contributed by atoms with E-state index in [1.165, 1.54) is 0 Å². The molecule has 1 heterocycles. The molecule has 0 aliphatic carbocycles. The number of nitrogens with zero attached hydrogens (tertiary/aromatic N) is 2. The maximum atomic E-state index is 12.7. The third kappa shape index (κ3) is 3.45. The van der Waals surface area contributed by atoms with Crippen LogP contribution in [-0.4, -0.2) is 29.4 Å². The highest BCUT2D eigenvalue weighted by molar-refractivity contribution is 5.94. The van der Waals surface area contributed by atoms with E-state index in [-0.39, 0.29) is 11.9 Å². The van der Waals surface area contributed by atoms with E-state index in [1.807, 2.05) is 62.1 Å². The monoisotopic (exact) mass is 298 g/mol. The lowest BCUT2D eigenvalue weighted by atomic mass is 10.1. The predicted octanol–water partition coefficient (Wildman–Crippen LogP) is 3.62. The Hall–Kier alpha value is -2.36. The minimum atomic E-state index is -0.0334. The lowest BCUT2D eigenvalue weighted by Gasteiger charge is -2.28. The summed E-state index contributed by atoms with van der Waals surface area (Å²) in [4.78, 5) is 18.8. The van der Waals surface area contributed by atoms with Gasteiger partial charge in [0.25, 0.3) is 5.91 Å². The van der Waals surface area contributed by atoms with Crippen molar-refractivity contribution in [3.8, 4) is 5.75 Å².